The lowest BCUT2D eigenvalue weighted by Crippen LogP contribution is -2.41. The van der Waals surface area contributed by atoms with E-state index in [1.54, 1.807) is 0 Å². The van der Waals surface area contributed by atoms with Crippen LogP contribution in [0.1, 0.15) is 40.1 Å². The Kier molecular flexibility index (Phi) is 4.40. The van der Waals surface area contributed by atoms with E-state index in [0.29, 0.717) is 24.5 Å². The van der Waals surface area contributed by atoms with Gasteiger partial charge in [-0.2, -0.15) is 5.10 Å². The summed E-state index contributed by atoms with van der Waals surface area (Å²) in [6.07, 6.45) is 5.41. The molecule has 1 aromatic heterocycles. The van der Waals surface area contributed by atoms with Crippen molar-refractivity contribution in [3.63, 3.8) is 0 Å². The lowest BCUT2D eigenvalue weighted by atomic mass is 10.1. The summed E-state index contributed by atoms with van der Waals surface area (Å²) >= 11 is 0. The molecule has 0 fully saturated rings. The van der Waals surface area contributed by atoms with E-state index in [9.17, 15) is 4.79 Å². The first-order valence-electron chi connectivity index (χ1n) is 9.27. The topological polar surface area (TPSA) is 64.2 Å². The Labute approximate surface area is 164 Å². The molecule has 0 saturated carbocycles. The normalized spacial score (nSPS) is 16.0. The minimum Gasteiger partial charge on any atom is -0.398 e. The molecule has 28 heavy (non-hydrogen) atoms. The Morgan fingerprint density at radius 3 is 2.64 bits per heavy atom. The first-order chi connectivity index (χ1) is 13.5. The number of amides is 1. The standard InChI is InChI=1S/C23H22N4O/c1-4-17-6-8-18(9-7-17)14-26-13-16(3)27-22(23(26)28)12-21(25-27)19-10-5-15(2)11-20(19)24/h1,5-12,16H,13-14,24H2,2-3H3. The third-order valence-corrected chi connectivity index (χ3v) is 5.12. The molecule has 1 amide bonds. The number of fused-ring (bicyclic) bond motifs is 1. The summed E-state index contributed by atoms with van der Waals surface area (Å²) < 4.78 is 1.81. The number of nitrogen functional groups attached to an aromatic ring is 1. The Morgan fingerprint density at radius 1 is 1.21 bits per heavy atom. The molecule has 140 valence electrons. The number of hydrogen-bond donors (Lipinski definition) is 1. The molecule has 4 rings (SSSR count). The van der Waals surface area contributed by atoms with Gasteiger partial charge in [0.25, 0.3) is 5.91 Å². The van der Waals surface area contributed by atoms with Gasteiger partial charge in [-0.1, -0.05) is 30.2 Å². The van der Waals surface area contributed by atoms with E-state index in [4.69, 9.17) is 12.2 Å². The van der Waals surface area contributed by atoms with Crippen LogP contribution in [-0.2, 0) is 6.54 Å². The fourth-order valence-corrected chi connectivity index (χ4v) is 3.64. The SMILES string of the molecule is C#Cc1ccc(CN2CC(C)n3nc(-c4ccc(C)cc4N)cc3C2=O)cc1. The molecule has 0 radical (unpaired) electrons. The summed E-state index contributed by atoms with van der Waals surface area (Å²) in [4.78, 5) is 14.9. The molecule has 0 bridgehead atoms. The van der Waals surface area contributed by atoms with E-state index in [0.717, 1.165) is 27.9 Å². The van der Waals surface area contributed by atoms with Crippen molar-refractivity contribution in [2.75, 3.05) is 12.3 Å². The van der Waals surface area contributed by atoms with Gasteiger partial charge in [0, 0.05) is 29.9 Å². The second-order valence-electron chi connectivity index (χ2n) is 7.33. The number of anilines is 1. The van der Waals surface area contributed by atoms with Crippen LogP contribution in [0.2, 0.25) is 0 Å². The molecule has 2 aromatic carbocycles. The van der Waals surface area contributed by atoms with Crippen molar-refractivity contribution >= 4 is 11.6 Å². The fraction of sp³-hybridized carbons (Fsp3) is 0.217. The largest absolute Gasteiger partial charge is 0.398 e. The second kappa shape index (κ2) is 6.90. The maximum Gasteiger partial charge on any atom is 0.272 e. The highest BCUT2D eigenvalue weighted by molar-refractivity contribution is 5.95. The number of nitrogens with two attached hydrogens (primary N) is 1. The highest BCUT2D eigenvalue weighted by Crippen LogP contribution is 2.30. The van der Waals surface area contributed by atoms with Crippen LogP contribution in [0.15, 0.2) is 48.5 Å². The van der Waals surface area contributed by atoms with Gasteiger partial charge in [0.15, 0.2) is 0 Å². The highest BCUT2D eigenvalue weighted by atomic mass is 16.2. The number of carbonyl (C=O) groups is 1. The van der Waals surface area contributed by atoms with Crippen LogP contribution >= 0.6 is 0 Å². The van der Waals surface area contributed by atoms with Crippen LogP contribution in [0.25, 0.3) is 11.3 Å². The molecule has 0 saturated heterocycles. The van der Waals surface area contributed by atoms with Crippen molar-refractivity contribution < 1.29 is 4.79 Å². The molecule has 3 aromatic rings. The van der Waals surface area contributed by atoms with Crippen molar-refractivity contribution in [2.24, 2.45) is 0 Å². The molecule has 0 spiro atoms. The summed E-state index contributed by atoms with van der Waals surface area (Å²) in [5, 5.41) is 4.67. The average Bonchev–Trinajstić information content (AvgIpc) is 3.12. The van der Waals surface area contributed by atoms with Crippen molar-refractivity contribution in [3.05, 3.63) is 70.9 Å². The molecule has 0 aliphatic carbocycles. The van der Waals surface area contributed by atoms with Crippen LogP contribution < -0.4 is 5.73 Å². The van der Waals surface area contributed by atoms with E-state index in [1.807, 2.05) is 65.0 Å². The zero-order chi connectivity index (χ0) is 19.8. The molecule has 5 nitrogen and oxygen atoms in total. The molecule has 1 unspecified atom stereocenters. The predicted molar refractivity (Wildman–Crippen MR) is 111 cm³/mol. The van der Waals surface area contributed by atoms with Crippen LogP contribution in [0.4, 0.5) is 5.69 Å². The second-order valence-corrected chi connectivity index (χ2v) is 7.33. The lowest BCUT2D eigenvalue weighted by Gasteiger charge is -2.31. The van der Waals surface area contributed by atoms with Gasteiger partial charge in [0.1, 0.15) is 5.69 Å². The number of carbonyl (C=O) groups excluding carboxylic acids is 1. The molecular formula is C23H22N4O. The molecule has 1 aliphatic heterocycles. The summed E-state index contributed by atoms with van der Waals surface area (Å²) in [6, 6.07) is 15.5. The predicted octanol–water partition coefficient (Wildman–Crippen LogP) is 3.64. The Bertz CT molecular complexity index is 1090. The fourth-order valence-electron chi connectivity index (χ4n) is 3.64. The third kappa shape index (κ3) is 3.14. The lowest BCUT2D eigenvalue weighted by molar-refractivity contribution is 0.0651. The van der Waals surface area contributed by atoms with Gasteiger partial charge in [-0.15, -0.1) is 6.42 Å². The molecule has 2 N–H and O–H groups in total. The van der Waals surface area contributed by atoms with Crippen molar-refractivity contribution in [1.29, 1.82) is 0 Å². The maximum atomic E-state index is 13.1. The number of rotatable bonds is 3. The Morgan fingerprint density at radius 2 is 1.96 bits per heavy atom. The first-order valence-corrected chi connectivity index (χ1v) is 9.27. The molecule has 5 heteroatoms. The monoisotopic (exact) mass is 370 g/mol. The summed E-state index contributed by atoms with van der Waals surface area (Å²) in [5.74, 6) is 2.59. The van der Waals surface area contributed by atoms with Crippen molar-refractivity contribution in [3.8, 4) is 23.6 Å². The van der Waals surface area contributed by atoms with Crippen molar-refractivity contribution in [1.82, 2.24) is 14.7 Å². The Balaban J connectivity index is 1.63. The van der Waals surface area contributed by atoms with Gasteiger partial charge in [-0.25, -0.2) is 0 Å². The van der Waals surface area contributed by atoms with Gasteiger partial charge < -0.3 is 10.6 Å². The van der Waals surface area contributed by atoms with Crippen LogP contribution in [0.5, 0.6) is 0 Å². The number of aromatic nitrogens is 2. The number of nitrogens with zero attached hydrogens (tertiary/aromatic N) is 3. The summed E-state index contributed by atoms with van der Waals surface area (Å²) in [7, 11) is 0. The maximum absolute atomic E-state index is 13.1. The number of hydrogen-bond acceptors (Lipinski definition) is 3. The molecule has 2 heterocycles. The van der Waals surface area contributed by atoms with Gasteiger partial charge in [0.2, 0.25) is 0 Å². The number of benzene rings is 2. The Hall–Kier alpha value is -3.52. The minimum absolute atomic E-state index is 0.0245. The van der Waals surface area contributed by atoms with Crippen LogP contribution in [-0.4, -0.2) is 27.1 Å². The zero-order valence-corrected chi connectivity index (χ0v) is 16.0. The van der Waals surface area contributed by atoms with E-state index in [2.05, 4.69) is 17.9 Å². The number of aryl methyl sites for hydroxylation is 1. The van der Waals surface area contributed by atoms with Crippen LogP contribution in [0, 0.1) is 19.3 Å². The zero-order valence-electron chi connectivity index (χ0n) is 16.0. The average molecular weight is 370 g/mol. The summed E-state index contributed by atoms with van der Waals surface area (Å²) in [6.45, 7) is 5.21. The molecule has 1 aliphatic rings. The highest BCUT2D eigenvalue weighted by Gasteiger charge is 2.31. The molecule has 1 atom stereocenters. The van der Waals surface area contributed by atoms with E-state index < -0.39 is 0 Å². The molecular weight excluding hydrogens is 348 g/mol. The van der Waals surface area contributed by atoms with Gasteiger partial charge in [-0.05, 0) is 49.2 Å². The smallest absolute Gasteiger partial charge is 0.272 e. The van der Waals surface area contributed by atoms with Gasteiger partial charge >= 0.3 is 0 Å². The van der Waals surface area contributed by atoms with Gasteiger partial charge in [0.05, 0.1) is 11.7 Å². The van der Waals surface area contributed by atoms with Gasteiger partial charge in [-0.3, -0.25) is 9.48 Å². The van der Waals surface area contributed by atoms with E-state index in [-0.39, 0.29) is 11.9 Å². The summed E-state index contributed by atoms with van der Waals surface area (Å²) in [5.41, 5.74) is 12.0. The van der Waals surface area contributed by atoms with Crippen molar-refractivity contribution in [2.45, 2.75) is 26.4 Å². The minimum atomic E-state index is -0.0245. The van der Waals surface area contributed by atoms with E-state index >= 15 is 0 Å². The first kappa shape index (κ1) is 17.9. The third-order valence-electron chi connectivity index (χ3n) is 5.12. The quantitative estimate of drug-likeness (QED) is 0.565. The van der Waals surface area contributed by atoms with E-state index in [1.165, 1.54) is 0 Å². The van der Waals surface area contributed by atoms with Crippen LogP contribution in [0.3, 0.4) is 0 Å². The number of terminal acetylenes is 1.